The number of likely N-dealkylation sites (N-methyl/N-ethyl adjacent to an activating group) is 1. The molecular weight excluding hydrogens is 372 g/mol. The number of aromatic nitrogens is 1. The van der Waals surface area contributed by atoms with Crippen molar-refractivity contribution in [3.05, 3.63) is 40.6 Å². The van der Waals surface area contributed by atoms with Crippen LogP contribution in [0.3, 0.4) is 0 Å². The number of aryl methyl sites for hydroxylation is 2. The molecular formula is C17H22N4O5S. The summed E-state index contributed by atoms with van der Waals surface area (Å²) in [5.74, 6) is -0.127. The number of carbonyl (C=O) groups is 2. The Bertz CT molecular complexity index is 981. The average Bonchev–Trinajstić information content (AvgIpc) is 3.00. The van der Waals surface area contributed by atoms with Gasteiger partial charge in [-0.2, -0.15) is 0 Å². The van der Waals surface area contributed by atoms with Crippen molar-refractivity contribution >= 4 is 27.7 Å². The van der Waals surface area contributed by atoms with Crippen LogP contribution < -0.4 is 10.0 Å². The summed E-state index contributed by atoms with van der Waals surface area (Å²) in [6, 6.07) is 4.46. The molecule has 27 heavy (non-hydrogen) atoms. The average molecular weight is 394 g/mol. The first-order valence-corrected chi connectivity index (χ1v) is 9.57. The maximum absolute atomic E-state index is 12.7. The van der Waals surface area contributed by atoms with E-state index >= 15 is 0 Å². The summed E-state index contributed by atoms with van der Waals surface area (Å²) in [7, 11) is -0.951. The van der Waals surface area contributed by atoms with Crippen LogP contribution in [0.5, 0.6) is 0 Å². The third-order valence-electron chi connectivity index (χ3n) is 4.05. The van der Waals surface area contributed by atoms with Crippen LogP contribution in [0.2, 0.25) is 0 Å². The molecule has 0 saturated heterocycles. The fraction of sp³-hybridized carbons (Fsp3) is 0.353. The Morgan fingerprint density at radius 1 is 1.19 bits per heavy atom. The minimum Gasteiger partial charge on any atom is -0.360 e. The second kappa shape index (κ2) is 7.89. The molecule has 0 aliphatic heterocycles. The van der Waals surface area contributed by atoms with E-state index in [4.69, 9.17) is 4.52 Å². The van der Waals surface area contributed by atoms with Gasteiger partial charge in [-0.15, -0.1) is 0 Å². The normalized spacial score (nSPS) is 11.3. The zero-order valence-corrected chi connectivity index (χ0v) is 16.6. The van der Waals surface area contributed by atoms with Crippen molar-refractivity contribution in [3.63, 3.8) is 0 Å². The fourth-order valence-electron chi connectivity index (χ4n) is 2.45. The molecule has 0 aliphatic carbocycles. The Balaban J connectivity index is 2.20. The molecule has 0 spiro atoms. The standard InChI is InChI=1S/C17H22N4O5S/c1-10-6-13(8-14(12(10)3)27(24,25)18-4)17(23)21(5)9-16(22)19-15-7-11(2)26-20-15/h6-8,18H,9H2,1-5H3,(H,19,20,22). The zero-order valence-electron chi connectivity index (χ0n) is 15.8. The Kier molecular flexibility index (Phi) is 6.01. The van der Waals surface area contributed by atoms with Crippen molar-refractivity contribution in [2.45, 2.75) is 25.7 Å². The van der Waals surface area contributed by atoms with Gasteiger partial charge in [-0.1, -0.05) is 5.16 Å². The third-order valence-corrected chi connectivity index (χ3v) is 5.59. The number of anilines is 1. The van der Waals surface area contributed by atoms with Crippen molar-refractivity contribution in [2.24, 2.45) is 0 Å². The molecule has 0 fully saturated rings. The van der Waals surface area contributed by atoms with Crippen LogP contribution in [0.4, 0.5) is 5.82 Å². The Labute approximate surface area is 157 Å². The van der Waals surface area contributed by atoms with E-state index in [-0.39, 0.29) is 22.8 Å². The number of carbonyl (C=O) groups excluding carboxylic acids is 2. The second-order valence-electron chi connectivity index (χ2n) is 6.16. The molecule has 0 bridgehead atoms. The molecule has 2 aromatic rings. The number of amides is 2. The number of benzene rings is 1. The van der Waals surface area contributed by atoms with E-state index in [1.807, 2.05) is 0 Å². The summed E-state index contributed by atoms with van der Waals surface area (Å²) >= 11 is 0. The van der Waals surface area contributed by atoms with Gasteiger partial charge in [-0.3, -0.25) is 9.59 Å². The molecule has 1 aromatic heterocycles. The van der Waals surface area contributed by atoms with E-state index < -0.39 is 21.8 Å². The summed E-state index contributed by atoms with van der Waals surface area (Å²) in [5.41, 5.74) is 1.40. The van der Waals surface area contributed by atoms with Gasteiger partial charge in [0, 0.05) is 18.7 Å². The number of hydrogen-bond acceptors (Lipinski definition) is 6. The van der Waals surface area contributed by atoms with Gasteiger partial charge >= 0.3 is 0 Å². The first kappa shape index (κ1) is 20.6. The summed E-state index contributed by atoms with van der Waals surface area (Å²) in [6.07, 6.45) is 0. The second-order valence-corrected chi connectivity index (χ2v) is 8.01. The van der Waals surface area contributed by atoms with Gasteiger partial charge in [-0.05, 0) is 51.1 Å². The SMILES string of the molecule is CNS(=O)(=O)c1cc(C(=O)N(C)CC(=O)Nc2cc(C)on2)cc(C)c1C. The molecule has 2 N–H and O–H groups in total. The molecule has 1 heterocycles. The van der Waals surface area contributed by atoms with E-state index in [1.165, 1.54) is 25.1 Å². The number of nitrogens with one attached hydrogen (secondary N) is 2. The van der Waals surface area contributed by atoms with E-state index in [1.54, 1.807) is 32.9 Å². The number of rotatable bonds is 6. The van der Waals surface area contributed by atoms with E-state index in [0.29, 0.717) is 16.9 Å². The molecule has 0 aliphatic rings. The van der Waals surface area contributed by atoms with Crippen molar-refractivity contribution in [1.29, 1.82) is 0 Å². The lowest BCUT2D eigenvalue weighted by atomic mass is 10.1. The molecule has 0 radical (unpaired) electrons. The smallest absolute Gasteiger partial charge is 0.254 e. The third kappa shape index (κ3) is 4.72. The highest BCUT2D eigenvalue weighted by atomic mass is 32.2. The predicted molar refractivity (Wildman–Crippen MR) is 99.0 cm³/mol. The van der Waals surface area contributed by atoms with Crippen LogP contribution in [0.25, 0.3) is 0 Å². The minimum absolute atomic E-state index is 0.0317. The number of sulfonamides is 1. The lowest BCUT2D eigenvalue weighted by Crippen LogP contribution is -2.35. The quantitative estimate of drug-likeness (QED) is 0.760. The monoisotopic (exact) mass is 394 g/mol. The van der Waals surface area contributed by atoms with Crippen LogP contribution >= 0.6 is 0 Å². The highest BCUT2D eigenvalue weighted by molar-refractivity contribution is 7.89. The van der Waals surface area contributed by atoms with Gasteiger partial charge in [0.25, 0.3) is 5.91 Å². The topological polar surface area (TPSA) is 122 Å². The van der Waals surface area contributed by atoms with Crippen molar-refractivity contribution in [3.8, 4) is 0 Å². The molecule has 0 atom stereocenters. The number of hydrogen-bond donors (Lipinski definition) is 2. The first-order chi connectivity index (χ1) is 12.5. The molecule has 10 heteroatoms. The van der Waals surface area contributed by atoms with Crippen LogP contribution in [-0.4, -0.2) is 50.9 Å². The highest BCUT2D eigenvalue weighted by Gasteiger charge is 2.22. The molecule has 0 unspecified atom stereocenters. The maximum Gasteiger partial charge on any atom is 0.254 e. The van der Waals surface area contributed by atoms with Crippen LogP contribution in [0.15, 0.2) is 27.6 Å². The lowest BCUT2D eigenvalue weighted by molar-refractivity contribution is -0.116. The fourth-order valence-corrected chi connectivity index (χ4v) is 3.52. The van der Waals surface area contributed by atoms with Gasteiger partial charge in [0.2, 0.25) is 15.9 Å². The van der Waals surface area contributed by atoms with E-state index in [9.17, 15) is 18.0 Å². The van der Waals surface area contributed by atoms with Gasteiger partial charge in [0.1, 0.15) is 5.76 Å². The minimum atomic E-state index is -3.71. The molecule has 1 aromatic carbocycles. The van der Waals surface area contributed by atoms with Gasteiger partial charge < -0.3 is 14.7 Å². The van der Waals surface area contributed by atoms with Crippen LogP contribution in [-0.2, 0) is 14.8 Å². The molecule has 9 nitrogen and oxygen atoms in total. The summed E-state index contributed by atoms with van der Waals surface area (Å²) < 4.78 is 31.5. The van der Waals surface area contributed by atoms with Crippen molar-refractivity contribution in [1.82, 2.24) is 14.8 Å². The zero-order chi connectivity index (χ0) is 20.4. The lowest BCUT2D eigenvalue weighted by Gasteiger charge is -2.18. The molecule has 2 amide bonds. The van der Waals surface area contributed by atoms with Gasteiger partial charge in [-0.25, -0.2) is 13.1 Å². The Morgan fingerprint density at radius 3 is 2.41 bits per heavy atom. The first-order valence-electron chi connectivity index (χ1n) is 8.08. The molecule has 0 saturated carbocycles. The van der Waals surface area contributed by atoms with Gasteiger partial charge in [0.15, 0.2) is 5.82 Å². The van der Waals surface area contributed by atoms with Crippen LogP contribution in [0.1, 0.15) is 27.2 Å². The van der Waals surface area contributed by atoms with Crippen LogP contribution in [0, 0.1) is 20.8 Å². The Hall–Kier alpha value is -2.72. The summed E-state index contributed by atoms with van der Waals surface area (Å²) in [6.45, 7) is 4.85. The summed E-state index contributed by atoms with van der Waals surface area (Å²) in [5, 5.41) is 6.17. The Morgan fingerprint density at radius 2 is 1.85 bits per heavy atom. The van der Waals surface area contributed by atoms with Crippen molar-refractivity contribution in [2.75, 3.05) is 26.0 Å². The van der Waals surface area contributed by atoms with E-state index in [2.05, 4.69) is 15.2 Å². The maximum atomic E-state index is 12.7. The highest BCUT2D eigenvalue weighted by Crippen LogP contribution is 2.21. The van der Waals surface area contributed by atoms with Gasteiger partial charge in [0.05, 0.1) is 11.4 Å². The van der Waals surface area contributed by atoms with E-state index in [0.717, 1.165) is 0 Å². The predicted octanol–water partition coefficient (Wildman–Crippen LogP) is 1.22. The molecule has 2 rings (SSSR count). The number of nitrogens with zero attached hydrogens (tertiary/aromatic N) is 2. The molecule has 146 valence electrons. The largest absolute Gasteiger partial charge is 0.360 e. The summed E-state index contributed by atoms with van der Waals surface area (Å²) in [4.78, 5) is 26.0. The van der Waals surface area contributed by atoms with Crippen molar-refractivity contribution < 1.29 is 22.5 Å².